The van der Waals surface area contributed by atoms with Gasteiger partial charge in [0.25, 0.3) is 0 Å². The Kier molecular flexibility index (Phi) is 4.35. The van der Waals surface area contributed by atoms with Gasteiger partial charge >= 0.3 is 11.8 Å². The van der Waals surface area contributed by atoms with Crippen molar-refractivity contribution in [2.24, 2.45) is 5.73 Å². The Balaban J connectivity index is 2.09. The molecule has 0 atom stereocenters. The fourth-order valence-electron chi connectivity index (χ4n) is 1.63. The largest absolute Gasteiger partial charge is 0.347 e. The SMILES string of the molecule is Cc1nn(Cc2noc(C(=O)NCCN)n2)c(C)c1Cl. The predicted octanol–water partition coefficient (Wildman–Crippen LogP) is 0.273. The first-order valence-electron chi connectivity index (χ1n) is 6.03. The van der Waals surface area contributed by atoms with E-state index < -0.39 is 5.91 Å². The Bertz CT molecular complexity index is 620. The highest BCUT2D eigenvalue weighted by atomic mass is 35.5. The molecule has 0 unspecified atom stereocenters. The van der Waals surface area contributed by atoms with Gasteiger partial charge in [0.1, 0.15) is 6.54 Å². The van der Waals surface area contributed by atoms with E-state index in [-0.39, 0.29) is 12.4 Å². The molecule has 0 aliphatic rings. The minimum absolute atomic E-state index is 0.0962. The van der Waals surface area contributed by atoms with Crippen LogP contribution in [0.1, 0.15) is 27.9 Å². The van der Waals surface area contributed by atoms with Gasteiger partial charge in [0.2, 0.25) is 0 Å². The van der Waals surface area contributed by atoms with Gasteiger partial charge in [-0.1, -0.05) is 16.8 Å². The molecule has 2 heterocycles. The third-order valence-corrected chi connectivity index (χ3v) is 3.22. The Morgan fingerprint density at radius 2 is 2.25 bits per heavy atom. The molecule has 0 saturated heterocycles. The van der Waals surface area contributed by atoms with Crippen molar-refractivity contribution in [2.45, 2.75) is 20.4 Å². The molecule has 0 spiro atoms. The summed E-state index contributed by atoms with van der Waals surface area (Å²) in [6, 6.07) is 0. The van der Waals surface area contributed by atoms with Crippen molar-refractivity contribution in [1.82, 2.24) is 25.2 Å². The number of nitrogens with two attached hydrogens (primary N) is 1. The molecule has 0 saturated carbocycles. The van der Waals surface area contributed by atoms with Gasteiger partial charge in [-0.2, -0.15) is 10.1 Å². The van der Waals surface area contributed by atoms with Crippen molar-refractivity contribution in [3.05, 3.63) is 28.1 Å². The number of halogens is 1. The third kappa shape index (κ3) is 2.97. The zero-order valence-corrected chi connectivity index (χ0v) is 11.9. The fourth-order valence-corrected chi connectivity index (χ4v) is 1.77. The number of nitrogens with one attached hydrogen (secondary N) is 1. The molecule has 2 rings (SSSR count). The minimum atomic E-state index is -0.444. The monoisotopic (exact) mass is 298 g/mol. The molecule has 0 bridgehead atoms. The zero-order chi connectivity index (χ0) is 14.7. The Morgan fingerprint density at radius 3 is 2.85 bits per heavy atom. The molecule has 20 heavy (non-hydrogen) atoms. The van der Waals surface area contributed by atoms with Crippen LogP contribution in [0, 0.1) is 13.8 Å². The van der Waals surface area contributed by atoms with Crippen LogP contribution < -0.4 is 11.1 Å². The minimum Gasteiger partial charge on any atom is -0.347 e. The number of carbonyl (C=O) groups is 1. The van der Waals surface area contributed by atoms with Crippen LogP contribution >= 0.6 is 11.6 Å². The summed E-state index contributed by atoms with van der Waals surface area (Å²) in [4.78, 5) is 15.6. The lowest BCUT2D eigenvalue weighted by Crippen LogP contribution is -2.29. The quantitative estimate of drug-likeness (QED) is 0.819. The number of hydrogen-bond donors (Lipinski definition) is 2. The summed E-state index contributed by atoms with van der Waals surface area (Å²) in [5.41, 5.74) is 6.83. The summed E-state index contributed by atoms with van der Waals surface area (Å²) in [5.74, 6) is -0.188. The average molecular weight is 299 g/mol. The van der Waals surface area contributed by atoms with Crippen LogP contribution in [-0.4, -0.2) is 38.9 Å². The molecule has 0 radical (unpaired) electrons. The standard InChI is InChI=1S/C11H15ClN6O2/c1-6-9(12)7(2)18(16-6)5-8-15-11(20-17-8)10(19)14-4-3-13/h3-5,13H2,1-2H3,(H,14,19). The van der Waals surface area contributed by atoms with Gasteiger partial charge in [-0.05, 0) is 13.8 Å². The second-order valence-corrected chi connectivity index (χ2v) is 4.58. The number of aryl methyl sites for hydroxylation is 1. The second-order valence-electron chi connectivity index (χ2n) is 4.20. The molecule has 0 aliphatic carbocycles. The summed E-state index contributed by atoms with van der Waals surface area (Å²) in [5, 5.41) is 11.1. The van der Waals surface area contributed by atoms with E-state index in [1.807, 2.05) is 13.8 Å². The highest BCUT2D eigenvalue weighted by molar-refractivity contribution is 6.31. The number of amides is 1. The van der Waals surface area contributed by atoms with Crippen LogP contribution in [0.5, 0.6) is 0 Å². The van der Waals surface area contributed by atoms with Crippen LogP contribution in [0.3, 0.4) is 0 Å². The highest BCUT2D eigenvalue weighted by Crippen LogP contribution is 2.19. The molecular weight excluding hydrogens is 284 g/mol. The number of rotatable bonds is 5. The van der Waals surface area contributed by atoms with Gasteiger partial charge in [0, 0.05) is 13.1 Å². The molecule has 0 aromatic carbocycles. The number of hydrogen-bond acceptors (Lipinski definition) is 6. The lowest BCUT2D eigenvalue weighted by molar-refractivity contribution is 0.0911. The van der Waals surface area contributed by atoms with Crippen LogP contribution in [0.4, 0.5) is 0 Å². The van der Waals surface area contributed by atoms with Crippen LogP contribution in [0.25, 0.3) is 0 Å². The van der Waals surface area contributed by atoms with E-state index >= 15 is 0 Å². The molecule has 3 N–H and O–H groups in total. The van der Waals surface area contributed by atoms with E-state index in [0.717, 1.165) is 11.4 Å². The molecule has 8 nitrogen and oxygen atoms in total. The molecule has 1 amide bonds. The maximum Gasteiger partial charge on any atom is 0.316 e. The van der Waals surface area contributed by atoms with Crippen LogP contribution in [-0.2, 0) is 6.54 Å². The summed E-state index contributed by atoms with van der Waals surface area (Å²) in [7, 11) is 0. The Morgan fingerprint density at radius 1 is 1.50 bits per heavy atom. The number of aromatic nitrogens is 4. The van der Waals surface area contributed by atoms with Crippen molar-refractivity contribution in [3.8, 4) is 0 Å². The van der Waals surface area contributed by atoms with E-state index in [0.29, 0.717) is 23.9 Å². The molecule has 2 aromatic heterocycles. The van der Waals surface area contributed by atoms with Gasteiger partial charge in [-0.15, -0.1) is 0 Å². The summed E-state index contributed by atoms with van der Waals surface area (Å²) < 4.78 is 6.54. The third-order valence-electron chi connectivity index (χ3n) is 2.68. The number of carbonyl (C=O) groups excluding carboxylic acids is 1. The normalized spacial score (nSPS) is 10.8. The Labute approximate surface area is 120 Å². The van der Waals surface area contributed by atoms with Crippen molar-refractivity contribution in [3.63, 3.8) is 0 Å². The fraction of sp³-hybridized carbons (Fsp3) is 0.455. The Hall–Kier alpha value is -1.93. The number of nitrogens with zero attached hydrogens (tertiary/aromatic N) is 4. The van der Waals surface area contributed by atoms with E-state index in [2.05, 4.69) is 20.6 Å². The van der Waals surface area contributed by atoms with Crippen molar-refractivity contribution >= 4 is 17.5 Å². The van der Waals surface area contributed by atoms with E-state index in [9.17, 15) is 4.79 Å². The molecule has 2 aromatic rings. The van der Waals surface area contributed by atoms with Gasteiger partial charge in [0.05, 0.1) is 16.4 Å². The highest BCUT2D eigenvalue weighted by Gasteiger charge is 2.16. The summed E-state index contributed by atoms with van der Waals surface area (Å²) >= 11 is 6.05. The molecule has 0 fully saturated rings. The van der Waals surface area contributed by atoms with Crippen molar-refractivity contribution in [1.29, 1.82) is 0 Å². The first-order valence-corrected chi connectivity index (χ1v) is 6.41. The summed E-state index contributed by atoms with van der Waals surface area (Å²) in [6.45, 7) is 4.64. The lowest BCUT2D eigenvalue weighted by Gasteiger charge is -1.99. The maximum absolute atomic E-state index is 11.6. The first-order chi connectivity index (χ1) is 9.52. The predicted molar refractivity (Wildman–Crippen MR) is 71.5 cm³/mol. The van der Waals surface area contributed by atoms with Crippen molar-refractivity contribution in [2.75, 3.05) is 13.1 Å². The van der Waals surface area contributed by atoms with E-state index in [1.54, 1.807) is 4.68 Å². The van der Waals surface area contributed by atoms with Gasteiger partial charge in [0.15, 0.2) is 5.82 Å². The second kappa shape index (κ2) is 6.02. The van der Waals surface area contributed by atoms with Crippen LogP contribution in [0.2, 0.25) is 5.02 Å². The lowest BCUT2D eigenvalue weighted by atomic mass is 10.4. The first kappa shape index (κ1) is 14.5. The van der Waals surface area contributed by atoms with Gasteiger partial charge in [-0.25, -0.2) is 0 Å². The molecule has 108 valence electrons. The van der Waals surface area contributed by atoms with E-state index in [1.165, 1.54) is 0 Å². The van der Waals surface area contributed by atoms with Crippen molar-refractivity contribution < 1.29 is 9.32 Å². The van der Waals surface area contributed by atoms with Crippen LogP contribution in [0.15, 0.2) is 4.52 Å². The maximum atomic E-state index is 11.6. The smallest absolute Gasteiger partial charge is 0.316 e. The van der Waals surface area contributed by atoms with E-state index in [4.69, 9.17) is 21.9 Å². The molecule has 0 aliphatic heterocycles. The van der Waals surface area contributed by atoms with Gasteiger partial charge in [-0.3, -0.25) is 9.48 Å². The topological polar surface area (TPSA) is 112 Å². The molecular formula is C11H15ClN6O2. The summed E-state index contributed by atoms with van der Waals surface area (Å²) in [6.07, 6.45) is 0. The zero-order valence-electron chi connectivity index (χ0n) is 11.2. The average Bonchev–Trinajstić information content (AvgIpc) is 2.98. The molecule has 9 heteroatoms. The van der Waals surface area contributed by atoms with Gasteiger partial charge < -0.3 is 15.6 Å².